The summed E-state index contributed by atoms with van der Waals surface area (Å²) in [4.78, 5) is 5.69. The molecule has 2 heteroatoms. The largest absolute Gasteiger partial charge is 0.245 e. The number of hydrogen-bond donors (Lipinski definition) is 0. The van der Waals surface area contributed by atoms with Gasteiger partial charge in [-0.1, -0.05) is 13.0 Å². The van der Waals surface area contributed by atoms with Crippen LogP contribution in [-0.2, 0) is 0 Å². The van der Waals surface area contributed by atoms with Crippen molar-refractivity contribution in [1.29, 1.82) is 0 Å². The molecule has 1 unspecified atom stereocenters. The van der Waals surface area contributed by atoms with Gasteiger partial charge in [0.05, 0.1) is 11.2 Å². The Kier molecular flexibility index (Phi) is 1.34. The lowest BCUT2D eigenvalue weighted by molar-refractivity contribution is 0.785. The Morgan fingerprint density at radius 3 is 3.40 bits per heavy atom. The smallest absolute Gasteiger partial charge is 0.0801 e. The highest BCUT2D eigenvalue weighted by molar-refractivity contribution is 7.09. The van der Waals surface area contributed by atoms with Gasteiger partial charge in [0.1, 0.15) is 0 Å². The number of aromatic nitrogens is 1. The van der Waals surface area contributed by atoms with Crippen LogP contribution >= 0.6 is 11.3 Å². The molecule has 1 aromatic rings. The molecule has 52 valence electrons. The van der Waals surface area contributed by atoms with Crippen molar-refractivity contribution >= 4 is 17.4 Å². The SMILES string of the molecule is CC1CC=Cc2ncsc21. The molecule has 10 heavy (non-hydrogen) atoms. The topological polar surface area (TPSA) is 12.9 Å². The van der Waals surface area contributed by atoms with E-state index in [2.05, 4.69) is 24.1 Å². The van der Waals surface area contributed by atoms with Crippen LogP contribution in [0.1, 0.15) is 29.8 Å². The normalized spacial score (nSPS) is 22.7. The van der Waals surface area contributed by atoms with E-state index >= 15 is 0 Å². The molecule has 0 radical (unpaired) electrons. The molecule has 0 saturated heterocycles. The van der Waals surface area contributed by atoms with Crippen LogP contribution in [0.3, 0.4) is 0 Å². The van der Waals surface area contributed by atoms with Gasteiger partial charge in [0, 0.05) is 4.88 Å². The first-order valence-corrected chi connectivity index (χ1v) is 4.36. The minimum Gasteiger partial charge on any atom is -0.245 e. The predicted molar refractivity (Wildman–Crippen MR) is 44.2 cm³/mol. The molecule has 0 spiro atoms. The molecule has 0 fully saturated rings. The van der Waals surface area contributed by atoms with Crippen molar-refractivity contribution in [2.24, 2.45) is 0 Å². The lowest BCUT2D eigenvalue weighted by atomic mass is 10.00. The van der Waals surface area contributed by atoms with Gasteiger partial charge in [0.2, 0.25) is 0 Å². The summed E-state index contributed by atoms with van der Waals surface area (Å²) in [6.07, 6.45) is 5.49. The number of thiazole rings is 1. The van der Waals surface area contributed by atoms with Gasteiger partial charge in [-0.05, 0) is 18.4 Å². The van der Waals surface area contributed by atoms with Crippen molar-refractivity contribution in [3.05, 3.63) is 22.2 Å². The molecule has 1 nitrogen and oxygen atoms in total. The summed E-state index contributed by atoms with van der Waals surface area (Å²) in [5.74, 6) is 0.687. The Morgan fingerprint density at radius 1 is 1.70 bits per heavy atom. The van der Waals surface area contributed by atoms with Crippen molar-refractivity contribution in [3.8, 4) is 0 Å². The maximum absolute atomic E-state index is 4.24. The first-order valence-electron chi connectivity index (χ1n) is 3.48. The third kappa shape index (κ3) is 0.797. The van der Waals surface area contributed by atoms with Gasteiger partial charge in [-0.15, -0.1) is 11.3 Å². The second-order valence-electron chi connectivity index (χ2n) is 2.64. The summed E-state index contributed by atoms with van der Waals surface area (Å²) in [6, 6.07) is 0. The minimum atomic E-state index is 0.687. The molecular weight excluding hydrogens is 142 g/mol. The van der Waals surface area contributed by atoms with Crippen LogP contribution in [0.5, 0.6) is 0 Å². The zero-order valence-electron chi connectivity index (χ0n) is 5.87. The number of allylic oxidation sites excluding steroid dienone is 1. The monoisotopic (exact) mass is 151 g/mol. The number of hydrogen-bond acceptors (Lipinski definition) is 2. The first-order chi connectivity index (χ1) is 4.88. The number of rotatable bonds is 0. The highest BCUT2D eigenvalue weighted by atomic mass is 32.1. The van der Waals surface area contributed by atoms with Crippen LogP contribution in [0.15, 0.2) is 11.6 Å². The third-order valence-corrected chi connectivity index (χ3v) is 2.91. The summed E-state index contributed by atoms with van der Waals surface area (Å²) in [5.41, 5.74) is 3.11. The van der Waals surface area contributed by atoms with Gasteiger partial charge < -0.3 is 0 Å². The van der Waals surface area contributed by atoms with Crippen molar-refractivity contribution in [2.45, 2.75) is 19.3 Å². The first kappa shape index (κ1) is 6.10. The van der Waals surface area contributed by atoms with Crippen molar-refractivity contribution in [2.75, 3.05) is 0 Å². The van der Waals surface area contributed by atoms with Gasteiger partial charge in [0.15, 0.2) is 0 Å². The summed E-state index contributed by atoms with van der Waals surface area (Å²) in [6.45, 7) is 2.25. The zero-order valence-corrected chi connectivity index (χ0v) is 6.69. The molecular formula is C8H9NS. The van der Waals surface area contributed by atoms with E-state index in [0.29, 0.717) is 5.92 Å². The molecule has 1 aliphatic rings. The summed E-state index contributed by atoms with van der Waals surface area (Å²) in [7, 11) is 0. The van der Waals surface area contributed by atoms with E-state index in [4.69, 9.17) is 0 Å². The average Bonchev–Trinajstić information content (AvgIpc) is 2.36. The lowest BCUT2D eigenvalue weighted by Gasteiger charge is -2.10. The molecule has 2 rings (SSSR count). The molecule has 0 aromatic carbocycles. The number of fused-ring (bicyclic) bond motifs is 1. The number of nitrogens with zero attached hydrogens (tertiary/aromatic N) is 1. The highest BCUT2D eigenvalue weighted by Gasteiger charge is 2.13. The third-order valence-electron chi connectivity index (χ3n) is 1.84. The van der Waals surface area contributed by atoms with E-state index in [9.17, 15) is 0 Å². The Bertz CT molecular complexity index is 262. The molecule has 1 aromatic heterocycles. The van der Waals surface area contributed by atoms with Crippen LogP contribution in [0.4, 0.5) is 0 Å². The van der Waals surface area contributed by atoms with Crippen LogP contribution in [0.2, 0.25) is 0 Å². The maximum Gasteiger partial charge on any atom is 0.0801 e. The summed E-state index contributed by atoms with van der Waals surface area (Å²) >= 11 is 1.77. The molecule has 1 atom stereocenters. The maximum atomic E-state index is 4.24. The quantitative estimate of drug-likeness (QED) is 0.555. The fourth-order valence-corrected chi connectivity index (χ4v) is 2.10. The van der Waals surface area contributed by atoms with E-state index < -0.39 is 0 Å². The van der Waals surface area contributed by atoms with Crippen molar-refractivity contribution < 1.29 is 0 Å². The summed E-state index contributed by atoms with van der Waals surface area (Å²) < 4.78 is 0. The van der Waals surface area contributed by atoms with Crippen LogP contribution in [-0.4, -0.2) is 4.98 Å². The van der Waals surface area contributed by atoms with E-state index in [0.717, 1.165) is 0 Å². The Balaban J connectivity index is 2.52. The van der Waals surface area contributed by atoms with E-state index in [1.54, 1.807) is 11.3 Å². The van der Waals surface area contributed by atoms with Gasteiger partial charge in [-0.2, -0.15) is 0 Å². The molecule has 0 aliphatic heterocycles. The van der Waals surface area contributed by atoms with Crippen molar-refractivity contribution in [1.82, 2.24) is 4.98 Å². The standard InChI is InChI=1S/C8H9NS/c1-6-3-2-4-7-8(6)10-5-9-7/h2,4-6H,3H2,1H3. The predicted octanol–water partition coefficient (Wildman–Crippen LogP) is 2.66. The van der Waals surface area contributed by atoms with Crippen LogP contribution in [0, 0.1) is 0 Å². The van der Waals surface area contributed by atoms with Gasteiger partial charge in [-0.25, -0.2) is 4.98 Å². The lowest BCUT2D eigenvalue weighted by Crippen LogP contribution is -1.95. The zero-order chi connectivity index (χ0) is 6.97. The molecule has 1 aliphatic carbocycles. The fourth-order valence-electron chi connectivity index (χ4n) is 1.25. The summed E-state index contributed by atoms with van der Waals surface area (Å²) in [5, 5.41) is 0. The molecule has 0 saturated carbocycles. The van der Waals surface area contributed by atoms with Crippen molar-refractivity contribution in [3.63, 3.8) is 0 Å². The molecule has 0 bridgehead atoms. The van der Waals surface area contributed by atoms with Gasteiger partial charge >= 0.3 is 0 Å². The molecule has 0 amide bonds. The minimum absolute atomic E-state index is 0.687. The second-order valence-corrected chi connectivity index (χ2v) is 3.53. The average molecular weight is 151 g/mol. The van der Waals surface area contributed by atoms with Crippen LogP contribution in [0.25, 0.3) is 6.08 Å². The van der Waals surface area contributed by atoms with Gasteiger partial charge in [0.25, 0.3) is 0 Å². The van der Waals surface area contributed by atoms with E-state index in [1.165, 1.54) is 17.0 Å². The van der Waals surface area contributed by atoms with Gasteiger partial charge in [-0.3, -0.25) is 0 Å². The van der Waals surface area contributed by atoms with E-state index in [1.807, 2.05) is 5.51 Å². The second kappa shape index (κ2) is 2.20. The Morgan fingerprint density at radius 2 is 2.60 bits per heavy atom. The van der Waals surface area contributed by atoms with E-state index in [-0.39, 0.29) is 0 Å². The fraction of sp³-hybridized carbons (Fsp3) is 0.375. The highest BCUT2D eigenvalue weighted by Crippen LogP contribution is 2.31. The van der Waals surface area contributed by atoms with Crippen LogP contribution < -0.4 is 0 Å². The molecule has 0 N–H and O–H groups in total. The molecule has 1 heterocycles. The Hall–Kier alpha value is -0.630. The Labute approximate surface area is 64.4 Å².